The van der Waals surface area contributed by atoms with Crippen LogP contribution in [0.15, 0.2) is 58.2 Å². The number of rotatable bonds is 6. The van der Waals surface area contributed by atoms with Gasteiger partial charge in [0.1, 0.15) is 5.78 Å². The summed E-state index contributed by atoms with van der Waals surface area (Å²) in [5.74, 6) is 0.266. The van der Waals surface area contributed by atoms with Gasteiger partial charge in [0.2, 0.25) is 0 Å². The van der Waals surface area contributed by atoms with Crippen LogP contribution in [-0.2, 0) is 24.1 Å². The highest BCUT2D eigenvalue weighted by atomic mass is 32.2. The van der Waals surface area contributed by atoms with Crippen LogP contribution in [0.25, 0.3) is 11.2 Å². The first-order valence-electron chi connectivity index (χ1n) is 9.52. The van der Waals surface area contributed by atoms with E-state index >= 15 is 0 Å². The molecular formula is C21H17N5O2S2. The maximum Gasteiger partial charge on any atom is 0.282 e. The molecule has 3 heterocycles. The number of aromatic nitrogens is 5. The van der Waals surface area contributed by atoms with Crippen LogP contribution < -0.4 is 5.56 Å². The van der Waals surface area contributed by atoms with E-state index in [1.807, 2.05) is 17.5 Å². The number of nitrogens with zero attached hydrogens (tertiary/aromatic N) is 5. The Bertz CT molecular complexity index is 1260. The molecule has 1 aliphatic rings. The Morgan fingerprint density at radius 2 is 1.87 bits per heavy atom. The number of fused-ring (bicyclic) bond motifs is 2. The van der Waals surface area contributed by atoms with Crippen LogP contribution in [0.1, 0.15) is 22.2 Å². The molecule has 0 saturated heterocycles. The van der Waals surface area contributed by atoms with Crippen LogP contribution in [0.4, 0.5) is 0 Å². The molecular weight excluding hydrogens is 418 g/mol. The van der Waals surface area contributed by atoms with Crippen LogP contribution in [0.2, 0.25) is 0 Å². The van der Waals surface area contributed by atoms with Crippen LogP contribution in [0.3, 0.4) is 0 Å². The summed E-state index contributed by atoms with van der Waals surface area (Å²) in [5, 5.41) is 3.16. The Labute approximate surface area is 180 Å². The SMILES string of the molecule is O=C(CSc1nc2nccnc2c(=O)n1C1Cc2ccccc2C1)Cc1nccs1. The largest absolute Gasteiger partial charge is 0.298 e. The summed E-state index contributed by atoms with van der Waals surface area (Å²) in [6.07, 6.45) is 6.51. The standard InChI is InChI=1S/C21H17N5O2S2/c27-16(11-17-22-7-8-29-17)12-30-21-25-19-18(23-5-6-24-19)20(28)26(21)15-9-13-3-1-2-4-14(13)10-15/h1-8,15H,9-12H2. The zero-order valence-corrected chi connectivity index (χ0v) is 17.5. The molecule has 0 unspecified atom stereocenters. The molecule has 9 heteroatoms. The number of ketones is 1. The van der Waals surface area contributed by atoms with E-state index in [1.54, 1.807) is 10.8 Å². The van der Waals surface area contributed by atoms with Gasteiger partial charge in [0.15, 0.2) is 16.3 Å². The lowest BCUT2D eigenvalue weighted by atomic mass is 10.1. The first-order chi connectivity index (χ1) is 14.7. The van der Waals surface area contributed by atoms with Crippen molar-refractivity contribution in [3.63, 3.8) is 0 Å². The monoisotopic (exact) mass is 435 g/mol. The molecule has 1 aromatic carbocycles. The second-order valence-corrected chi connectivity index (χ2v) is 8.98. The highest BCUT2D eigenvalue weighted by Gasteiger charge is 2.27. The molecule has 0 fully saturated rings. The maximum absolute atomic E-state index is 13.3. The number of benzene rings is 1. The molecule has 30 heavy (non-hydrogen) atoms. The Morgan fingerprint density at radius 3 is 2.60 bits per heavy atom. The van der Waals surface area contributed by atoms with Crippen molar-refractivity contribution in [1.29, 1.82) is 0 Å². The van der Waals surface area contributed by atoms with E-state index in [2.05, 4.69) is 32.1 Å². The lowest BCUT2D eigenvalue weighted by Gasteiger charge is -2.18. The van der Waals surface area contributed by atoms with Crippen molar-refractivity contribution in [3.8, 4) is 0 Å². The fraction of sp³-hybridized carbons (Fsp3) is 0.238. The van der Waals surface area contributed by atoms with Crippen molar-refractivity contribution in [3.05, 3.63) is 74.7 Å². The smallest absolute Gasteiger partial charge is 0.282 e. The summed E-state index contributed by atoms with van der Waals surface area (Å²) < 4.78 is 1.71. The van der Waals surface area contributed by atoms with E-state index in [1.165, 1.54) is 46.6 Å². The van der Waals surface area contributed by atoms with Crippen molar-refractivity contribution in [2.75, 3.05) is 5.75 Å². The fourth-order valence-electron chi connectivity index (χ4n) is 3.76. The molecule has 0 amide bonds. The molecule has 0 atom stereocenters. The van der Waals surface area contributed by atoms with Gasteiger partial charge in [-0.3, -0.25) is 14.2 Å². The third-order valence-electron chi connectivity index (χ3n) is 5.10. The van der Waals surface area contributed by atoms with Gasteiger partial charge in [-0.05, 0) is 24.0 Å². The molecule has 0 bridgehead atoms. The van der Waals surface area contributed by atoms with E-state index in [4.69, 9.17) is 0 Å². The quantitative estimate of drug-likeness (QED) is 0.340. The van der Waals surface area contributed by atoms with Gasteiger partial charge in [-0.25, -0.2) is 19.9 Å². The number of thiazole rings is 1. The molecule has 0 N–H and O–H groups in total. The number of carbonyl (C=O) groups is 1. The number of hydrogen-bond donors (Lipinski definition) is 0. The number of carbonyl (C=O) groups excluding carboxylic acids is 1. The van der Waals surface area contributed by atoms with Gasteiger partial charge in [-0.15, -0.1) is 11.3 Å². The summed E-state index contributed by atoms with van der Waals surface area (Å²) in [6.45, 7) is 0. The Hall–Kier alpha value is -2.91. The maximum atomic E-state index is 13.3. The fourth-order valence-corrected chi connectivity index (χ4v) is 5.31. The zero-order valence-electron chi connectivity index (χ0n) is 15.9. The molecule has 3 aromatic heterocycles. The minimum atomic E-state index is -0.208. The predicted molar refractivity (Wildman–Crippen MR) is 116 cm³/mol. The average Bonchev–Trinajstić information content (AvgIpc) is 3.41. The van der Waals surface area contributed by atoms with E-state index in [0.29, 0.717) is 10.8 Å². The van der Waals surface area contributed by atoms with Crippen LogP contribution in [0.5, 0.6) is 0 Å². The van der Waals surface area contributed by atoms with Gasteiger partial charge in [-0.1, -0.05) is 36.0 Å². The van der Waals surface area contributed by atoms with E-state index < -0.39 is 0 Å². The molecule has 0 saturated carbocycles. The van der Waals surface area contributed by atoms with Gasteiger partial charge < -0.3 is 0 Å². The molecule has 0 radical (unpaired) electrons. The Balaban J connectivity index is 1.48. The third kappa shape index (κ3) is 3.66. The van der Waals surface area contributed by atoms with Crippen molar-refractivity contribution in [2.45, 2.75) is 30.5 Å². The lowest BCUT2D eigenvalue weighted by molar-refractivity contribution is -0.116. The molecule has 0 spiro atoms. The van der Waals surface area contributed by atoms with E-state index in [9.17, 15) is 9.59 Å². The number of thioether (sulfide) groups is 1. The van der Waals surface area contributed by atoms with Gasteiger partial charge >= 0.3 is 0 Å². The summed E-state index contributed by atoms with van der Waals surface area (Å²) >= 11 is 2.75. The van der Waals surface area contributed by atoms with Gasteiger partial charge in [0, 0.05) is 30.0 Å². The minimum absolute atomic E-state index is 0.0460. The molecule has 7 nitrogen and oxygen atoms in total. The third-order valence-corrected chi connectivity index (χ3v) is 6.89. The van der Waals surface area contributed by atoms with Crippen molar-refractivity contribution >= 4 is 40.0 Å². The second kappa shape index (κ2) is 8.08. The van der Waals surface area contributed by atoms with Crippen LogP contribution in [-0.4, -0.2) is 36.0 Å². The molecule has 4 aromatic rings. The summed E-state index contributed by atoms with van der Waals surface area (Å²) in [4.78, 5) is 42.9. The second-order valence-electron chi connectivity index (χ2n) is 7.06. The summed E-state index contributed by atoms with van der Waals surface area (Å²) in [7, 11) is 0. The van der Waals surface area contributed by atoms with Crippen molar-refractivity contribution < 1.29 is 4.79 Å². The average molecular weight is 436 g/mol. The first kappa shape index (κ1) is 19.1. The molecule has 5 rings (SSSR count). The minimum Gasteiger partial charge on any atom is -0.298 e. The Kier molecular flexibility index (Phi) is 5.14. The topological polar surface area (TPSA) is 90.6 Å². The molecule has 0 aliphatic heterocycles. The molecule has 150 valence electrons. The zero-order chi connectivity index (χ0) is 20.5. The Morgan fingerprint density at radius 1 is 1.10 bits per heavy atom. The van der Waals surface area contributed by atoms with Gasteiger partial charge in [0.25, 0.3) is 5.56 Å². The highest BCUT2D eigenvalue weighted by Crippen LogP contribution is 2.32. The van der Waals surface area contributed by atoms with Gasteiger partial charge in [0.05, 0.1) is 17.2 Å². The molecule has 1 aliphatic carbocycles. The lowest BCUT2D eigenvalue weighted by Crippen LogP contribution is -2.29. The predicted octanol–water partition coefficient (Wildman–Crippen LogP) is 2.89. The van der Waals surface area contributed by atoms with Crippen LogP contribution in [0, 0.1) is 0 Å². The highest BCUT2D eigenvalue weighted by molar-refractivity contribution is 7.99. The van der Waals surface area contributed by atoms with Gasteiger partial charge in [-0.2, -0.15) is 0 Å². The van der Waals surface area contributed by atoms with Crippen molar-refractivity contribution in [1.82, 2.24) is 24.5 Å². The summed E-state index contributed by atoms with van der Waals surface area (Å²) in [5.41, 5.74) is 2.84. The first-order valence-corrected chi connectivity index (χ1v) is 11.4. The number of Topliss-reactive ketones (excluding diaryl/α,β-unsaturated/α-hetero) is 1. The normalized spacial score (nSPS) is 13.6. The number of hydrogen-bond acceptors (Lipinski definition) is 8. The summed E-state index contributed by atoms with van der Waals surface area (Å²) in [6, 6.07) is 8.17. The van der Waals surface area contributed by atoms with Crippen molar-refractivity contribution in [2.24, 2.45) is 0 Å². The van der Waals surface area contributed by atoms with Crippen LogP contribution >= 0.6 is 23.1 Å². The van der Waals surface area contributed by atoms with E-state index in [0.717, 1.165) is 17.8 Å². The van der Waals surface area contributed by atoms with E-state index in [-0.39, 0.29) is 35.1 Å².